The lowest BCUT2D eigenvalue weighted by Gasteiger charge is -2.11. The Morgan fingerprint density at radius 2 is 2.00 bits per heavy atom. The van der Waals surface area contributed by atoms with E-state index in [2.05, 4.69) is 9.47 Å². The van der Waals surface area contributed by atoms with Crippen LogP contribution in [-0.2, 0) is 19.0 Å². The van der Waals surface area contributed by atoms with Crippen LogP contribution in [-0.4, -0.2) is 31.9 Å². The summed E-state index contributed by atoms with van der Waals surface area (Å²) < 4.78 is 13.6. The third-order valence-corrected chi connectivity index (χ3v) is 1.51. The first kappa shape index (κ1) is 12.7. The van der Waals surface area contributed by atoms with Crippen LogP contribution in [0.25, 0.3) is 0 Å². The van der Waals surface area contributed by atoms with Crippen molar-refractivity contribution in [1.29, 1.82) is 0 Å². The molecule has 0 fully saturated rings. The van der Waals surface area contributed by atoms with E-state index in [-0.39, 0.29) is 0 Å². The van der Waals surface area contributed by atoms with Gasteiger partial charge in [0.25, 0.3) is 0 Å². The van der Waals surface area contributed by atoms with Gasteiger partial charge in [-0.15, -0.1) is 0 Å². The van der Waals surface area contributed by atoms with Gasteiger partial charge in [0.2, 0.25) is 0 Å². The summed E-state index contributed by atoms with van der Waals surface area (Å²) in [5.74, 6) is -0.552. The molecule has 0 rings (SSSR count). The van der Waals surface area contributed by atoms with E-state index in [0.717, 1.165) is 12.8 Å². The van der Waals surface area contributed by atoms with Crippen molar-refractivity contribution in [2.24, 2.45) is 0 Å². The Morgan fingerprint density at radius 3 is 2.50 bits per heavy atom. The quantitative estimate of drug-likeness (QED) is 0.501. The minimum absolute atomic E-state index is 0.351. The zero-order valence-electron chi connectivity index (χ0n) is 8.74. The molecule has 0 amide bonds. The summed E-state index contributed by atoms with van der Waals surface area (Å²) in [4.78, 5) is 21.7. The van der Waals surface area contributed by atoms with E-state index in [4.69, 9.17) is 4.74 Å². The fraction of sp³-hybridized carbons (Fsp3) is 0.778. The van der Waals surface area contributed by atoms with Crippen LogP contribution in [0.5, 0.6) is 0 Å². The molecule has 0 bridgehead atoms. The summed E-state index contributed by atoms with van der Waals surface area (Å²) in [6.07, 6.45) is -0.0554. The van der Waals surface area contributed by atoms with E-state index >= 15 is 0 Å². The van der Waals surface area contributed by atoms with E-state index in [1.165, 1.54) is 14.0 Å². The van der Waals surface area contributed by atoms with Crippen molar-refractivity contribution in [1.82, 2.24) is 0 Å². The molecule has 0 aliphatic carbocycles. The van der Waals surface area contributed by atoms with Crippen LogP contribution in [0.3, 0.4) is 0 Å². The van der Waals surface area contributed by atoms with Gasteiger partial charge in [-0.25, -0.2) is 9.59 Å². The smallest absolute Gasteiger partial charge is 0.463 e. The van der Waals surface area contributed by atoms with Gasteiger partial charge in [0.1, 0.15) is 0 Å². The first-order valence-corrected chi connectivity index (χ1v) is 4.53. The molecule has 0 heterocycles. The number of carbonyl (C=O) groups excluding carboxylic acids is 2. The summed E-state index contributed by atoms with van der Waals surface area (Å²) in [6.45, 7) is 3.78. The van der Waals surface area contributed by atoms with Crippen molar-refractivity contribution >= 4 is 12.1 Å². The molecule has 0 radical (unpaired) electrons. The Kier molecular flexibility index (Phi) is 6.53. The highest BCUT2D eigenvalue weighted by Gasteiger charge is 2.18. The normalized spacial score (nSPS) is 11.6. The maximum Gasteiger partial charge on any atom is 0.508 e. The Morgan fingerprint density at radius 1 is 1.36 bits per heavy atom. The maximum absolute atomic E-state index is 11.1. The van der Waals surface area contributed by atoms with E-state index in [0.29, 0.717) is 6.61 Å². The van der Waals surface area contributed by atoms with Gasteiger partial charge in [0.15, 0.2) is 6.10 Å². The molecular weight excluding hydrogens is 188 g/mol. The standard InChI is InChI=1S/C9H16O5/c1-4-5-6-13-8(10)7(2)14-9(11)12-3/h7H,4-6H2,1-3H3/t7-/m0/s1. The summed E-state index contributed by atoms with van der Waals surface area (Å²) in [5.41, 5.74) is 0. The average Bonchev–Trinajstić information content (AvgIpc) is 2.17. The number of unbranched alkanes of at least 4 members (excludes halogenated alkanes) is 1. The van der Waals surface area contributed by atoms with Gasteiger partial charge in [0.05, 0.1) is 13.7 Å². The van der Waals surface area contributed by atoms with E-state index in [1.54, 1.807) is 0 Å². The summed E-state index contributed by atoms with van der Waals surface area (Å²) in [6, 6.07) is 0. The molecule has 0 aliphatic heterocycles. The molecule has 5 heteroatoms. The molecule has 0 saturated heterocycles. The fourth-order valence-electron chi connectivity index (χ4n) is 0.675. The van der Waals surface area contributed by atoms with Crippen LogP contribution < -0.4 is 0 Å². The summed E-state index contributed by atoms with van der Waals surface area (Å²) in [5, 5.41) is 0. The minimum atomic E-state index is -0.917. The van der Waals surface area contributed by atoms with Crippen molar-refractivity contribution in [3.8, 4) is 0 Å². The summed E-state index contributed by atoms with van der Waals surface area (Å²) in [7, 11) is 1.18. The zero-order valence-corrected chi connectivity index (χ0v) is 8.74. The van der Waals surface area contributed by atoms with Crippen molar-refractivity contribution in [3.05, 3.63) is 0 Å². The van der Waals surface area contributed by atoms with Gasteiger partial charge >= 0.3 is 12.1 Å². The fourth-order valence-corrected chi connectivity index (χ4v) is 0.675. The highest BCUT2D eigenvalue weighted by Crippen LogP contribution is 1.98. The number of methoxy groups -OCH3 is 1. The van der Waals surface area contributed by atoms with Crippen molar-refractivity contribution in [3.63, 3.8) is 0 Å². The topological polar surface area (TPSA) is 61.8 Å². The van der Waals surface area contributed by atoms with E-state index in [1.807, 2.05) is 6.92 Å². The lowest BCUT2D eigenvalue weighted by Crippen LogP contribution is -2.26. The number of carbonyl (C=O) groups is 2. The molecule has 0 N–H and O–H groups in total. The third-order valence-electron chi connectivity index (χ3n) is 1.51. The van der Waals surface area contributed by atoms with Crippen LogP contribution in [0.1, 0.15) is 26.7 Å². The molecule has 82 valence electrons. The number of esters is 1. The Bertz CT molecular complexity index is 190. The van der Waals surface area contributed by atoms with E-state index < -0.39 is 18.2 Å². The number of hydrogen-bond donors (Lipinski definition) is 0. The molecule has 0 aliphatic rings. The van der Waals surface area contributed by atoms with Crippen LogP contribution in [0.15, 0.2) is 0 Å². The van der Waals surface area contributed by atoms with Crippen LogP contribution in [0.2, 0.25) is 0 Å². The predicted molar refractivity (Wildman–Crippen MR) is 48.8 cm³/mol. The third kappa shape index (κ3) is 5.40. The predicted octanol–water partition coefficient (Wildman–Crippen LogP) is 1.50. The van der Waals surface area contributed by atoms with E-state index in [9.17, 15) is 9.59 Å². The minimum Gasteiger partial charge on any atom is -0.463 e. The second kappa shape index (κ2) is 7.17. The Balaban J connectivity index is 3.70. The van der Waals surface area contributed by atoms with Gasteiger partial charge in [-0.2, -0.15) is 0 Å². The van der Waals surface area contributed by atoms with Gasteiger partial charge in [-0.1, -0.05) is 13.3 Å². The molecular formula is C9H16O5. The number of hydrogen-bond acceptors (Lipinski definition) is 5. The lowest BCUT2D eigenvalue weighted by molar-refractivity contribution is -0.153. The Labute approximate surface area is 83.3 Å². The van der Waals surface area contributed by atoms with Gasteiger partial charge in [0, 0.05) is 0 Å². The van der Waals surface area contributed by atoms with Crippen LogP contribution >= 0.6 is 0 Å². The average molecular weight is 204 g/mol. The lowest BCUT2D eigenvalue weighted by atomic mass is 10.3. The molecule has 5 nitrogen and oxygen atoms in total. The van der Waals surface area contributed by atoms with Crippen molar-refractivity contribution in [2.45, 2.75) is 32.8 Å². The molecule has 1 atom stereocenters. The van der Waals surface area contributed by atoms with Gasteiger partial charge in [-0.05, 0) is 13.3 Å². The molecule has 0 spiro atoms. The summed E-state index contributed by atoms with van der Waals surface area (Å²) >= 11 is 0. The molecule has 0 aromatic rings. The second-order valence-corrected chi connectivity index (χ2v) is 2.74. The van der Waals surface area contributed by atoms with Crippen molar-refractivity contribution < 1.29 is 23.8 Å². The first-order chi connectivity index (χ1) is 6.61. The van der Waals surface area contributed by atoms with Crippen LogP contribution in [0, 0.1) is 0 Å². The Hall–Kier alpha value is -1.26. The molecule has 0 saturated carbocycles. The first-order valence-electron chi connectivity index (χ1n) is 4.53. The van der Waals surface area contributed by atoms with Crippen molar-refractivity contribution in [2.75, 3.05) is 13.7 Å². The molecule has 14 heavy (non-hydrogen) atoms. The van der Waals surface area contributed by atoms with Crippen LogP contribution in [0.4, 0.5) is 4.79 Å². The largest absolute Gasteiger partial charge is 0.508 e. The molecule has 0 aromatic heterocycles. The number of ether oxygens (including phenoxy) is 3. The van der Waals surface area contributed by atoms with Gasteiger partial charge in [-0.3, -0.25) is 0 Å². The monoisotopic (exact) mass is 204 g/mol. The maximum atomic E-state index is 11.1. The highest BCUT2D eigenvalue weighted by atomic mass is 16.7. The second-order valence-electron chi connectivity index (χ2n) is 2.74. The highest BCUT2D eigenvalue weighted by molar-refractivity contribution is 5.76. The molecule has 0 unspecified atom stereocenters. The molecule has 0 aromatic carbocycles. The SMILES string of the molecule is CCCCOC(=O)[C@H](C)OC(=O)OC. The van der Waals surface area contributed by atoms with Gasteiger partial charge < -0.3 is 14.2 Å². The zero-order chi connectivity index (χ0) is 11.0. The number of rotatable bonds is 5.